The van der Waals surface area contributed by atoms with Crippen LogP contribution < -0.4 is 10.5 Å². The van der Waals surface area contributed by atoms with Crippen molar-refractivity contribution in [2.45, 2.75) is 25.5 Å². The molecule has 128 valence electrons. The van der Waals surface area contributed by atoms with Gasteiger partial charge in [0.15, 0.2) is 0 Å². The summed E-state index contributed by atoms with van der Waals surface area (Å²) in [5, 5.41) is 0.307. The molecule has 4 nitrogen and oxygen atoms in total. The first kappa shape index (κ1) is 18.2. The number of hydrogen-bond acceptors (Lipinski definition) is 3. The number of ether oxygens (including phenoxy) is 1. The molecule has 1 aliphatic carbocycles. The molecule has 0 aromatic heterocycles. The highest BCUT2D eigenvalue weighted by molar-refractivity contribution is 6.31. The largest absolute Gasteiger partial charge is 0.434 e. The van der Waals surface area contributed by atoms with Crippen LogP contribution in [0.2, 0.25) is 5.02 Å². The molecule has 0 bridgehead atoms. The molecule has 1 aromatic rings. The molecule has 1 aromatic carbocycles. The Kier molecular flexibility index (Phi) is 5.70. The summed E-state index contributed by atoms with van der Waals surface area (Å²) < 4.78 is 29.4. The maximum atomic E-state index is 12.6. The summed E-state index contributed by atoms with van der Waals surface area (Å²) in [5.41, 5.74) is 6.13. The molecule has 3 rings (SSSR count). The quantitative estimate of drug-likeness (QED) is 0.893. The summed E-state index contributed by atoms with van der Waals surface area (Å²) in [4.78, 5) is 14.3. The molecule has 23 heavy (non-hydrogen) atoms. The van der Waals surface area contributed by atoms with Crippen molar-refractivity contribution >= 4 is 29.9 Å². The SMILES string of the molecule is Cl.NC1CCC2CN(C(=O)c3cc(Cl)ccc3OC(F)F)CC12. The molecule has 3 unspecified atom stereocenters. The number of hydrogen-bond donors (Lipinski definition) is 1. The van der Waals surface area contributed by atoms with Crippen LogP contribution in [0.25, 0.3) is 0 Å². The van der Waals surface area contributed by atoms with Crippen molar-refractivity contribution in [3.63, 3.8) is 0 Å². The molecule has 1 saturated carbocycles. The first-order chi connectivity index (χ1) is 10.5. The number of fused-ring (bicyclic) bond motifs is 1. The third-order valence-electron chi connectivity index (χ3n) is 4.59. The van der Waals surface area contributed by atoms with E-state index in [1.807, 2.05) is 0 Å². The van der Waals surface area contributed by atoms with Crippen LogP contribution in [0.15, 0.2) is 18.2 Å². The van der Waals surface area contributed by atoms with E-state index in [-0.39, 0.29) is 35.7 Å². The van der Waals surface area contributed by atoms with Gasteiger partial charge in [-0.2, -0.15) is 8.78 Å². The van der Waals surface area contributed by atoms with Gasteiger partial charge in [0.25, 0.3) is 5.91 Å². The molecule has 2 aliphatic rings. The number of rotatable bonds is 3. The molecule has 3 atom stereocenters. The van der Waals surface area contributed by atoms with Crippen LogP contribution in [0.4, 0.5) is 8.78 Å². The van der Waals surface area contributed by atoms with Crippen LogP contribution in [0.5, 0.6) is 5.75 Å². The van der Waals surface area contributed by atoms with Gasteiger partial charge in [-0.15, -0.1) is 12.4 Å². The van der Waals surface area contributed by atoms with E-state index >= 15 is 0 Å². The van der Waals surface area contributed by atoms with E-state index in [1.54, 1.807) is 4.90 Å². The van der Waals surface area contributed by atoms with E-state index in [9.17, 15) is 13.6 Å². The molecule has 1 aliphatic heterocycles. The van der Waals surface area contributed by atoms with Gasteiger partial charge in [0.2, 0.25) is 0 Å². The molecule has 0 radical (unpaired) electrons. The van der Waals surface area contributed by atoms with Crippen molar-refractivity contribution in [2.24, 2.45) is 17.6 Å². The van der Waals surface area contributed by atoms with Crippen LogP contribution in [-0.2, 0) is 0 Å². The third kappa shape index (κ3) is 3.70. The maximum absolute atomic E-state index is 12.6. The maximum Gasteiger partial charge on any atom is 0.387 e. The average Bonchev–Trinajstić information content (AvgIpc) is 3.02. The van der Waals surface area contributed by atoms with Gasteiger partial charge in [-0.3, -0.25) is 4.79 Å². The van der Waals surface area contributed by atoms with Crippen molar-refractivity contribution in [3.8, 4) is 5.75 Å². The van der Waals surface area contributed by atoms with Crippen molar-refractivity contribution in [1.29, 1.82) is 0 Å². The fourth-order valence-corrected chi connectivity index (χ4v) is 3.68. The van der Waals surface area contributed by atoms with Crippen LogP contribution in [-0.4, -0.2) is 36.5 Å². The van der Waals surface area contributed by atoms with Gasteiger partial charge in [-0.1, -0.05) is 11.6 Å². The Morgan fingerprint density at radius 1 is 1.35 bits per heavy atom. The van der Waals surface area contributed by atoms with E-state index in [4.69, 9.17) is 17.3 Å². The first-order valence-corrected chi connectivity index (χ1v) is 7.62. The summed E-state index contributed by atoms with van der Waals surface area (Å²) in [5.74, 6) is 0.214. The average molecular weight is 367 g/mol. The van der Waals surface area contributed by atoms with Gasteiger partial charge in [-0.05, 0) is 42.9 Å². The molecule has 0 spiro atoms. The lowest BCUT2D eigenvalue weighted by atomic mass is 9.98. The lowest BCUT2D eigenvalue weighted by Crippen LogP contribution is -2.33. The predicted molar refractivity (Wildman–Crippen MR) is 85.4 cm³/mol. The highest BCUT2D eigenvalue weighted by atomic mass is 35.5. The topological polar surface area (TPSA) is 55.6 Å². The monoisotopic (exact) mass is 366 g/mol. The summed E-state index contributed by atoms with van der Waals surface area (Å²) in [7, 11) is 0. The molecule has 2 N–H and O–H groups in total. The zero-order valence-corrected chi connectivity index (χ0v) is 13.8. The van der Waals surface area contributed by atoms with Gasteiger partial charge in [0, 0.05) is 24.2 Å². The van der Waals surface area contributed by atoms with Gasteiger partial charge in [0.05, 0.1) is 5.56 Å². The number of carbonyl (C=O) groups is 1. The van der Waals surface area contributed by atoms with Crippen molar-refractivity contribution < 1.29 is 18.3 Å². The predicted octanol–water partition coefficient (Wildman–Crippen LogP) is 3.17. The summed E-state index contributed by atoms with van der Waals surface area (Å²) in [6.07, 6.45) is 1.99. The Morgan fingerprint density at radius 3 is 2.74 bits per heavy atom. The van der Waals surface area contributed by atoms with E-state index in [1.165, 1.54) is 18.2 Å². The number of benzene rings is 1. The number of nitrogens with two attached hydrogens (primary N) is 1. The molecular formula is C15H18Cl2F2N2O2. The van der Waals surface area contributed by atoms with Gasteiger partial charge >= 0.3 is 6.61 Å². The smallest absolute Gasteiger partial charge is 0.387 e. The molecule has 1 saturated heterocycles. The standard InChI is InChI=1S/C15H17ClF2N2O2.ClH/c16-9-2-4-13(22-15(17)18)10(5-9)14(21)20-6-8-1-3-12(19)11(8)7-20;/h2,4-5,8,11-12,15H,1,3,6-7,19H2;1H. The fraction of sp³-hybridized carbons (Fsp3) is 0.533. The van der Waals surface area contributed by atoms with E-state index in [0.29, 0.717) is 29.9 Å². The lowest BCUT2D eigenvalue weighted by molar-refractivity contribution is -0.0502. The number of likely N-dealkylation sites (tertiary alicyclic amines) is 1. The first-order valence-electron chi connectivity index (χ1n) is 7.25. The van der Waals surface area contributed by atoms with Crippen LogP contribution >= 0.6 is 24.0 Å². The van der Waals surface area contributed by atoms with Crippen LogP contribution in [0, 0.1) is 11.8 Å². The minimum absolute atomic E-state index is 0. The highest BCUT2D eigenvalue weighted by Gasteiger charge is 2.43. The van der Waals surface area contributed by atoms with Gasteiger partial charge < -0.3 is 15.4 Å². The van der Waals surface area contributed by atoms with E-state index < -0.39 is 6.61 Å². The second kappa shape index (κ2) is 7.20. The summed E-state index contributed by atoms with van der Waals surface area (Å²) in [6, 6.07) is 4.20. The van der Waals surface area contributed by atoms with E-state index in [2.05, 4.69) is 4.74 Å². The van der Waals surface area contributed by atoms with Crippen LogP contribution in [0.3, 0.4) is 0 Å². The Bertz CT molecular complexity index is 589. The molecule has 1 heterocycles. The van der Waals surface area contributed by atoms with Crippen LogP contribution in [0.1, 0.15) is 23.2 Å². The fourth-order valence-electron chi connectivity index (χ4n) is 3.51. The molecule has 8 heteroatoms. The van der Waals surface area contributed by atoms with Crippen molar-refractivity contribution in [3.05, 3.63) is 28.8 Å². The number of halogens is 4. The Labute approximate surface area is 144 Å². The Morgan fingerprint density at radius 2 is 2.09 bits per heavy atom. The Hall–Kier alpha value is -1.11. The molecule has 2 fully saturated rings. The molecule has 1 amide bonds. The lowest BCUT2D eigenvalue weighted by Gasteiger charge is -2.20. The second-order valence-corrected chi connectivity index (χ2v) is 6.33. The minimum Gasteiger partial charge on any atom is -0.434 e. The number of carbonyl (C=O) groups excluding carboxylic acids is 1. The number of nitrogens with zero attached hydrogens (tertiary/aromatic N) is 1. The second-order valence-electron chi connectivity index (χ2n) is 5.89. The van der Waals surface area contributed by atoms with Gasteiger partial charge in [-0.25, -0.2) is 0 Å². The summed E-state index contributed by atoms with van der Waals surface area (Å²) in [6.45, 7) is -1.82. The molecular weight excluding hydrogens is 349 g/mol. The highest BCUT2D eigenvalue weighted by Crippen LogP contribution is 2.38. The zero-order chi connectivity index (χ0) is 15.9. The zero-order valence-electron chi connectivity index (χ0n) is 12.3. The Balaban J connectivity index is 0.00000192. The van der Waals surface area contributed by atoms with Gasteiger partial charge in [0.1, 0.15) is 5.75 Å². The van der Waals surface area contributed by atoms with Crippen molar-refractivity contribution in [1.82, 2.24) is 4.90 Å². The normalized spacial score (nSPS) is 26.1. The minimum atomic E-state index is -2.99. The van der Waals surface area contributed by atoms with Crippen molar-refractivity contribution in [2.75, 3.05) is 13.1 Å². The number of alkyl halides is 2. The number of amides is 1. The van der Waals surface area contributed by atoms with E-state index in [0.717, 1.165) is 12.8 Å². The summed E-state index contributed by atoms with van der Waals surface area (Å²) >= 11 is 5.89. The third-order valence-corrected chi connectivity index (χ3v) is 4.82.